The third-order valence-corrected chi connectivity index (χ3v) is 4.26. The first-order chi connectivity index (χ1) is 10.9. The molecule has 0 saturated carbocycles. The SMILES string of the molecule is O=C1CC[C@H](C(=O)OCC(=O)Nc2cc(Cl)c(Cl)cc2Cl)CN1. The molecular formula is C14H13Cl3N2O4. The molecule has 9 heteroatoms. The molecule has 2 amide bonds. The third-order valence-electron chi connectivity index (χ3n) is 3.23. The van der Waals surface area contributed by atoms with Crippen LogP contribution >= 0.6 is 34.8 Å². The normalized spacial score (nSPS) is 17.3. The summed E-state index contributed by atoms with van der Waals surface area (Å²) in [5, 5.41) is 5.78. The number of carbonyl (C=O) groups excluding carboxylic acids is 3. The smallest absolute Gasteiger partial charge is 0.311 e. The van der Waals surface area contributed by atoms with Crippen LogP contribution in [0.15, 0.2) is 12.1 Å². The molecule has 0 aliphatic carbocycles. The number of hydrogen-bond donors (Lipinski definition) is 2. The maximum absolute atomic E-state index is 11.8. The number of benzene rings is 1. The molecule has 0 unspecified atom stereocenters. The topological polar surface area (TPSA) is 84.5 Å². The van der Waals surface area contributed by atoms with E-state index in [2.05, 4.69) is 10.6 Å². The van der Waals surface area contributed by atoms with Crippen molar-refractivity contribution in [2.24, 2.45) is 5.92 Å². The van der Waals surface area contributed by atoms with Crippen LogP contribution in [0.2, 0.25) is 15.1 Å². The third kappa shape index (κ3) is 4.99. The van der Waals surface area contributed by atoms with Gasteiger partial charge in [0.1, 0.15) is 0 Å². The van der Waals surface area contributed by atoms with Crippen LogP contribution in [0, 0.1) is 5.92 Å². The molecule has 1 atom stereocenters. The zero-order valence-corrected chi connectivity index (χ0v) is 14.1. The molecule has 1 aliphatic heterocycles. The van der Waals surface area contributed by atoms with Crippen molar-refractivity contribution in [3.63, 3.8) is 0 Å². The lowest BCUT2D eigenvalue weighted by Crippen LogP contribution is -2.39. The van der Waals surface area contributed by atoms with Gasteiger partial charge in [-0.15, -0.1) is 0 Å². The first kappa shape index (κ1) is 17.8. The fourth-order valence-electron chi connectivity index (χ4n) is 1.99. The first-order valence-electron chi connectivity index (χ1n) is 6.74. The molecule has 0 aromatic heterocycles. The number of anilines is 1. The maximum Gasteiger partial charge on any atom is 0.311 e. The van der Waals surface area contributed by atoms with E-state index in [9.17, 15) is 14.4 Å². The number of ether oxygens (including phenoxy) is 1. The fraction of sp³-hybridized carbons (Fsp3) is 0.357. The monoisotopic (exact) mass is 378 g/mol. The summed E-state index contributed by atoms with van der Waals surface area (Å²) in [7, 11) is 0. The lowest BCUT2D eigenvalue weighted by atomic mass is 10.00. The first-order valence-corrected chi connectivity index (χ1v) is 7.88. The molecule has 0 radical (unpaired) electrons. The highest BCUT2D eigenvalue weighted by atomic mass is 35.5. The highest BCUT2D eigenvalue weighted by molar-refractivity contribution is 6.44. The molecule has 1 aromatic rings. The van der Waals surface area contributed by atoms with Gasteiger partial charge < -0.3 is 15.4 Å². The van der Waals surface area contributed by atoms with Crippen LogP contribution in [0.1, 0.15) is 12.8 Å². The van der Waals surface area contributed by atoms with Gasteiger partial charge in [0.05, 0.1) is 26.7 Å². The van der Waals surface area contributed by atoms with E-state index in [-0.39, 0.29) is 39.6 Å². The quantitative estimate of drug-likeness (QED) is 0.622. The Morgan fingerprint density at radius 3 is 2.57 bits per heavy atom. The molecule has 6 nitrogen and oxygen atoms in total. The second kappa shape index (κ2) is 7.86. The molecular weight excluding hydrogens is 367 g/mol. The second-order valence-corrected chi connectivity index (χ2v) is 6.16. The standard InChI is InChI=1S/C14H13Cl3N2O4/c15-8-3-10(17)11(4-9(8)16)19-13(21)6-23-14(22)7-1-2-12(20)18-5-7/h3-4,7H,1-2,5-6H2,(H,18,20)(H,19,21)/t7-/m0/s1. The summed E-state index contributed by atoms with van der Waals surface area (Å²) in [5.41, 5.74) is 0.270. The Morgan fingerprint density at radius 1 is 1.22 bits per heavy atom. The van der Waals surface area contributed by atoms with Gasteiger partial charge in [-0.2, -0.15) is 0 Å². The molecule has 0 bridgehead atoms. The Balaban J connectivity index is 1.84. The Morgan fingerprint density at radius 2 is 1.91 bits per heavy atom. The maximum atomic E-state index is 11.8. The van der Waals surface area contributed by atoms with E-state index in [0.29, 0.717) is 6.42 Å². The van der Waals surface area contributed by atoms with Gasteiger partial charge in [-0.05, 0) is 18.6 Å². The van der Waals surface area contributed by atoms with Crippen molar-refractivity contribution in [1.29, 1.82) is 0 Å². The minimum absolute atomic E-state index is 0.0962. The average molecular weight is 380 g/mol. The molecule has 1 aliphatic rings. The fourth-order valence-corrected chi connectivity index (χ4v) is 2.59. The summed E-state index contributed by atoms with van der Waals surface area (Å²) in [6, 6.07) is 2.81. The number of piperidine rings is 1. The number of amides is 2. The number of hydrogen-bond acceptors (Lipinski definition) is 4. The van der Waals surface area contributed by atoms with E-state index in [4.69, 9.17) is 39.5 Å². The molecule has 0 spiro atoms. The van der Waals surface area contributed by atoms with Crippen molar-refractivity contribution in [2.75, 3.05) is 18.5 Å². The Bertz CT molecular complexity index is 641. The molecule has 1 fully saturated rings. The number of esters is 1. The van der Waals surface area contributed by atoms with Crippen LogP contribution in [-0.4, -0.2) is 30.9 Å². The van der Waals surface area contributed by atoms with Gasteiger partial charge in [0.25, 0.3) is 5.91 Å². The van der Waals surface area contributed by atoms with Crippen LogP contribution in [0.4, 0.5) is 5.69 Å². The summed E-state index contributed by atoms with van der Waals surface area (Å²) in [6.07, 6.45) is 0.676. The molecule has 1 aromatic carbocycles. The highest BCUT2D eigenvalue weighted by Gasteiger charge is 2.26. The minimum atomic E-state index is -0.557. The summed E-state index contributed by atoms with van der Waals surface area (Å²) in [6.45, 7) is -0.238. The van der Waals surface area contributed by atoms with Crippen molar-refractivity contribution >= 4 is 58.3 Å². The van der Waals surface area contributed by atoms with E-state index in [1.54, 1.807) is 0 Å². The van der Waals surface area contributed by atoms with Crippen LogP contribution in [0.3, 0.4) is 0 Å². The predicted octanol–water partition coefficient (Wildman–Crippen LogP) is 2.65. The lowest BCUT2D eigenvalue weighted by molar-refractivity contribution is -0.152. The van der Waals surface area contributed by atoms with E-state index in [1.807, 2.05) is 0 Å². The van der Waals surface area contributed by atoms with Crippen LogP contribution in [-0.2, 0) is 19.1 Å². The number of nitrogens with one attached hydrogen (secondary N) is 2. The van der Waals surface area contributed by atoms with Crippen molar-refractivity contribution in [1.82, 2.24) is 5.32 Å². The van der Waals surface area contributed by atoms with E-state index >= 15 is 0 Å². The largest absolute Gasteiger partial charge is 0.455 e. The second-order valence-electron chi connectivity index (χ2n) is 4.94. The van der Waals surface area contributed by atoms with Crippen molar-refractivity contribution in [3.8, 4) is 0 Å². The van der Waals surface area contributed by atoms with Gasteiger partial charge in [0.15, 0.2) is 6.61 Å². The van der Waals surface area contributed by atoms with E-state index < -0.39 is 24.4 Å². The van der Waals surface area contributed by atoms with Gasteiger partial charge in [-0.25, -0.2) is 0 Å². The molecule has 1 saturated heterocycles. The highest BCUT2D eigenvalue weighted by Crippen LogP contribution is 2.32. The van der Waals surface area contributed by atoms with Crippen LogP contribution < -0.4 is 10.6 Å². The summed E-state index contributed by atoms with van der Waals surface area (Å²) < 4.78 is 4.94. The molecule has 23 heavy (non-hydrogen) atoms. The van der Waals surface area contributed by atoms with Gasteiger partial charge in [-0.3, -0.25) is 14.4 Å². The predicted molar refractivity (Wildman–Crippen MR) is 86.8 cm³/mol. The zero-order chi connectivity index (χ0) is 17.0. The van der Waals surface area contributed by atoms with Gasteiger partial charge in [-0.1, -0.05) is 34.8 Å². The summed E-state index contributed by atoms with van der Waals surface area (Å²) >= 11 is 17.6. The van der Waals surface area contributed by atoms with Crippen molar-refractivity contribution in [3.05, 3.63) is 27.2 Å². The lowest BCUT2D eigenvalue weighted by Gasteiger charge is -2.20. The number of halogens is 3. The summed E-state index contributed by atoms with van der Waals surface area (Å²) in [4.78, 5) is 34.6. The Hall–Kier alpha value is -1.50. The van der Waals surface area contributed by atoms with E-state index in [0.717, 1.165) is 0 Å². The minimum Gasteiger partial charge on any atom is -0.455 e. The number of rotatable bonds is 4. The molecule has 2 rings (SSSR count). The van der Waals surface area contributed by atoms with Crippen LogP contribution in [0.25, 0.3) is 0 Å². The van der Waals surface area contributed by atoms with Crippen LogP contribution in [0.5, 0.6) is 0 Å². The number of carbonyl (C=O) groups is 3. The van der Waals surface area contributed by atoms with Crippen molar-refractivity contribution in [2.45, 2.75) is 12.8 Å². The Kier molecular flexibility index (Phi) is 6.10. The van der Waals surface area contributed by atoms with Crippen molar-refractivity contribution < 1.29 is 19.1 Å². The molecule has 2 N–H and O–H groups in total. The zero-order valence-electron chi connectivity index (χ0n) is 11.8. The van der Waals surface area contributed by atoms with Gasteiger partial charge in [0.2, 0.25) is 5.91 Å². The average Bonchev–Trinajstić information content (AvgIpc) is 2.51. The van der Waals surface area contributed by atoms with E-state index in [1.165, 1.54) is 12.1 Å². The van der Waals surface area contributed by atoms with Gasteiger partial charge in [0, 0.05) is 13.0 Å². The summed E-state index contributed by atoms with van der Waals surface area (Å²) in [5.74, 6) is -1.62. The molecule has 1 heterocycles. The Labute approximate surface area is 147 Å². The molecule has 124 valence electrons. The van der Waals surface area contributed by atoms with Gasteiger partial charge >= 0.3 is 5.97 Å².